The summed E-state index contributed by atoms with van der Waals surface area (Å²) >= 11 is 0. The van der Waals surface area contributed by atoms with Crippen molar-refractivity contribution in [2.24, 2.45) is 0 Å². The first kappa shape index (κ1) is 25.5. The number of hydrogen-bond acceptors (Lipinski definition) is 8. The van der Waals surface area contributed by atoms with E-state index >= 15 is 0 Å². The number of esters is 1. The Kier molecular flexibility index (Phi) is 9.02. The van der Waals surface area contributed by atoms with Crippen LogP contribution in [-0.2, 0) is 9.53 Å². The highest BCUT2D eigenvalue weighted by molar-refractivity contribution is 5.97. The number of nitrogens with one attached hydrogen (secondary N) is 1. The standard InChI is InChI=1S/C26H27NO8/c1-4-12-33-21-9-5-17(14-23(21)32-3)6-10-24(28)34-19-8-7-18-15-20(25(29)27-11-13-31-2)26(30)35-22(18)16-19/h5-10,14-16H,4,11-13H2,1-3H3,(H,27,29)/b10-6+. The van der Waals surface area contributed by atoms with Gasteiger partial charge in [0.1, 0.15) is 16.9 Å². The van der Waals surface area contributed by atoms with Crippen molar-refractivity contribution in [2.75, 3.05) is 34.0 Å². The molecule has 9 nitrogen and oxygen atoms in total. The summed E-state index contributed by atoms with van der Waals surface area (Å²) < 4.78 is 26.4. The molecule has 0 aliphatic carbocycles. The summed E-state index contributed by atoms with van der Waals surface area (Å²) in [5.74, 6) is 0.201. The third-order valence-corrected chi connectivity index (χ3v) is 4.82. The molecule has 1 amide bonds. The third-order valence-electron chi connectivity index (χ3n) is 4.82. The quantitative estimate of drug-likeness (QED) is 0.145. The molecule has 0 radical (unpaired) electrons. The van der Waals surface area contributed by atoms with E-state index in [1.807, 2.05) is 6.92 Å². The number of methoxy groups -OCH3 is 2. The van der Waals surface area contributed by atoms with Gasteiger partial charge in [-0.05, 0) is 48.4 Å². The van der Waals surface area contributed by atoms with E-state index in [-0.39, 0.29) is 23.4 Å². The van der Waals surface area contributed by atoms with Crippen molar-refractivity contribution >= 4 is 28.9 Å². The topological polar surface area (TPSA) is 113 Å². The molecule has 0 saturated carbocycles. The highest BCUT2D eigenvalue weighted by atomic mass is 16.5. The largest absolute Gasteiger partial charge is 0.493 e. The summed E-state index contributed by atoms with van der Waals surface area (Å²) in [6.45, 7) is 3.17. The third kappa shape index (κ3) is 6.94. The molecule has 0 spiro atoms. The maximum absolute atomic E-state index is 12.3. The van der Waals surface area contributed by atoms with Crippen molar-refractivity contribution in [3.8, 4) is 17.2 Å². The average Bonchev–Trinajstić information content (AvgIpc) is 2.86. The lowest BCUT2D eigenvalue weighted by Crippen LogP contribution is -2.30. The second kappa shape index (κ2) is 12.4. The summed E-state index contributed by atoms with van der Waals surface area (Å²) in [6, 6.07) is 11.3. The SMILES string of the molecule is CCCOc1ccc(/C=C/C(=O)Oc2ccc3cc(C(=O)NCCOC)c(=O)oc3c2)cc1OC. The lowest BCUT2D eigenvalue weighted by molar-refractivity contribution is -0.128. The van der Waals surface area contributed by atoms with Crippen LogP contribution in [0.5, 0.6) is 17.2 Å². The van der Waals surface area contributed by atoms with Gasteiger partial charge in [-0.15, -0.1) is 0 Å². The Balaban J connectivity index is 1.69. The Morgan fingerprint density at radius 3 is 2.60 bits per heavy atom. The first-order valence-electron chi connectivity index (χ1n) is 11.0. The van der Waals surface area contributed by atoms with Gasteiger partial charge in [0.25, 0.3) is 5.91 Å². The van der Waals surface area contributed by atoms with Gasteiger partial charge in [-0.25, -0.2) is 9.59 Å². The van der Waals surface area contributed by atoms with Crippen molar-refractivity contribution in [3.05, 3.63) is 70.1 Å². The number of amides is 1. The monoisotopic (exact) mass is 481 g/mol. The van der Waals surface area contributed by atoms with Crippen LogP contribution in [0.25, 0.3) is 17.0 Å². The zero-order chi connectivity index (χ0) is 25.2. The zero-order valence-corrected chi connectivity index (χ0v) is 19.8. The first-order chi connectivity index (χ1) is 16.9. The Morgan fingerprint density at radius 2 is 1.86 bits per heavy atom. The van der Waals surface area contributed by atoms with E-state index in [0.29, 0.717) is 30.1 Å². The maximum atomic E-state index is 12.3. The van der Waals surface area contributed by atoms with E-state index in [4.69, 9.17) is 23.4 Å². The van der Waals surface area contributed by atoms with Gasteiger partial charge in [0.2, 0.25) is 0 Å². The van der Waals surface area contributed by atoms with Crippen molar-refractivity contribution in [3.63, 3.8) is 0 Å². The van der Waals surface area contributed by atoms with Crippen LogP contribution in [0.1, 0.15) is 29.3 Å². The molecule has 2 aromatic carbocycles. The highest BCUT2D eigenvalue weighted by Crippen LogP contribution is 2.28. The Labute approximate surface area is 202 Å². The van der Waals surface area contributed by atoms with Crippen LogP contribution in [0.4, 0.5) is 0 Å². The normalized spacial score (nSPS) is 10.9. The van der Waals surface area contributed by atoms with Crippen LogP contribution in [0.2, 0.25) is 0 Å². The smallest absolute Gasteiger partial charge is 0.349 e. The second-order valence-corrected chi connectivity index (χ2v) is 7.41. The molecule has 184 valence electrons. The molecule has 0 bridgehead atoms. The van der Waals surface area contributed by atoms with Crippen molar-refractivity contribution in [1.82, 2.24) is 5.32 Å². The van der Waals surface area contributed by atoms with Crippen molar-refractivity contribution in [2.45, 2.75) is 13.3 Å². The second-order valence-electron chi connectivity index (χ2n) is 7.41. The molecule has 0 aliphatic heterocycles. The van der Waals surface area contributed by atoms with Gasteiger partial charge in [-0.2, -0.15) is 0 Å². The number of rotatable bonds is 11. The number of hydrogen-bond donors (Lipinski definition) is 1. The van der Waals surface area contributed by atoms with Crippen molar-refractivity contribution < 1.29 is 33.0 Å². The predicted molar refractivity (Wildman–Crippen MR) is 130 cm³/mol. The highest BCUT2D eigenvalue weighted by Gasteiger charge is 2.14. The number of fused-ring (bicyclic) bond motifs is 1. The summed E-state index contributed by atoms with van der Waals surface area (Å²) in [6.07, 6.45) is 3.74. The van der Waals surface area contributed by atoms with E-state index in [9.17, 15) is 14.4 Å². The summed E-state index contributed by atoms with van der Waals surface area (Å²) in [4.78, 5) is 36.7. The predicted octanol–water partition coefficient (Wildman–Crippen LogP) is 3.59. The van der Waals surface area contributed by atoms with Crippen LogP contribution >= 0.6 is 0 Å². The van der Waals surface area contributed by atoms with E-state index < -0.39 is 17.5 Å². The number of carbonyl (C=O) groups is 2. The minimum absolute atomic E-state index is 0.122. The molecule has 0 saturated heterocycles. The molecule has 0 aliphatic rings. The molecule has 3 aromatic rings. The molecular weight excluding hydrogens is 454 g/mol. The Hall–Kier alpha value is -4.11. The van der Waals surface area contributed by atoms with Gasteiger partial charge in [0, 0.05) is 31.2 Å². The molecule has 1 N–H and O–H groups in total. The molecular formula is C26H27NO8. The molecule has 35 heavy (non-hydrogen) atoms. The van der Waals surface area contributed by atoms with Gasteiger partial charge in [-0.1, -0.05) is 13.0 Å². The summed E-state index contributed by atoms with van der Waals surface area (Å²) in [5, 5.41) is 3.08. The fraction of sp³-hybridized carbons (Fsp3) is 0.269. The Morgan fingerprint density at radius 1 is 1.03 bits per heavy atom. The van der Waals surface area contributed by atoms with E-state index in [1.165, 1.54) is 25.3 Å². The minimum atomic E-state index is -0.795. The minimum Gasteiger partial charge on any atom is -0.493 e. The fourth-order valence-electron chi connectivity index (χ4n) is 3.11. The van der Waals surface area contributed by atoms with Gasteiger partial charge in [0.05, 0.1) is 20.3 Å². The number of benzene rings is 2. The molecule has 9 heteroatoms. The maximum Gasteiger partial charge on any atom is 0.349 e. The van der Waals surface area contributed by atoms with Crippen LogP contribution in [-0.4, -0.2) is 45.9 Å². The van der Waals surface area contributed by atoms with Gasteiger partial charge >= 0.3 is 11.6 Å². The Bertz CT molecular complexity index is 1280. The molecule has 1 aromatic heterocycles. The zero-order valence-electron chi connectivity index (χ0n) is 19.8. The molecule has 0 unspecified atom stereocenters. The summed E-state index contributed by atoms with van der Waals surface area (Å²) in [5.41, 5.74) is -0.00694. The fourth-order valence-corrected chi connectivity index (χ4v) is 3.11. The van der Waals surface area contributed by atoms with Crippen LogP contribution in [0, 0.1) is 0 Å². The lowest BCUT2D eigenvalue weighted by atomic mass is 10.1. The van der Waals surface area contributed by atoms with Crippen LogP contribution < -0.4 is 25.2 Å². The van der Waals surface area contributed by atoms with Gasteiger partial charge < -0.3 is 28.7 Å². The van der Waals surface area contributed by atoms with Gasteiger partial charge in [-0.3, -0.25) is 4.79 Å². The van der Waals surface area contributed by atoms with E-state index in [2.05, 4.69) is 5.32 Å². The van der Waals surface area contributed by atoms with Crippen LogP contribution in [0.3, 0.4) is 0 Å². The number of carbonyl (C=O) groups excluding carboxylic acids is 2. The van der Waals surface area contributed by atoms with Crippen LogP contribution in [0.15, 0.2) is 57.8 Å². The van der Waals surface area contributed by atoms with E-state index in [1.54, 1.807) is 43.5 Å². The first-order valence-corrected chi connectivity index (χ1v) is 11.0. The molecule has 3 rings (SSSR count). The summed E-state index contributed by atoms with van der Waals surface area (Å²) in [7, 11) is 3.06. The molecule has 0 atom stereocenters. The van der Waals surface area contributed by atoms with E-state index in [0.717, 1.165) is 12.0 Å². The number of ether oxygens (including phenoxy) is 4. The molecule has 0 fully saturated rings. The van der Waals surface area contributed by atoms with Gasteiger partial charge in [0.15, 0.2) is 11.5 Å². The molecule has 1 heterocycles. The lowest BCUT2D eigenvalue weighted by Gasteiger charge is -2.10. The average molecular weight is 482 g/mol. The van der Waals surface area contributed by atoms with Crippen molar-refractivity contribution in [1.29, 1.82) is 0 Å².